The highest BCUT2D eigenvalue weighted by atomic mass is 16.5. The van der Waals surface area contributed by atoms with E-state index >= 15 is 0 Å². The van der Waals surface area contributed by atoms with Crippen molar-refractivity contribution in [2.75, 3.05) is 20.3 Å². The van der Waals surface area contributed by atoms with E-state index in [0.29, 0.717) is 19.6 Å². The molecular weight excluding hydrogens is 196 g/mol. The zero-order valence-corrected chi connectivity index (χ0v) is 10.1. The molecule has 0 spiro atoms. The van der Waals surface area contributed by atoms with Crippen molar-refractivity contribution in [2.24, 2.45) is 5.92 Å². The molecule has 0 aromatic rings. The Hall–Kier alpha value is -0.160. The van der Waals surface area contributed by atoms with Crippen LogP contribution in [0.5, 0.6) is 0 Å². The molecule has 15 heavy (non-hydrogen) atoms. The molecule has 4 heteroatoms. The van der Waals surface area contributed by atoms with Gasteiger partial charge in [-0.3, -0.25) is 0 Å². The molecule has 92 valence electrons. The molecule has 4 atom stereocenters. The number of ether oxygens (including phenoxy) is 2. The van der Waals surface area contributed by atoms with Crippen molar-refractivity contribution in [2.45, 2.75) is 45.5 Å². The molecule has 2 N–H and O–H groups in total. The number of aliphatic hydroxyl groups excluding tert-OH is 2. The predicted molar refractivity (Wildman–Crippen MR) is 58.8 cm³/mol. The first-order valence-electron chi connectivity index (χ1n) is 5.44. The van der Waals surface area contributed by atoms with Crippen LogP contribution in [0.25, 0.3) is 0 Å². The molecule has 0 radical (unpaired) electrons. The summed E-state index contributed by atoms with van der Waals surface area (Å²) in [4.78, 5) is 0. The summed E-state index contributed by atoms with van der Waals surface area (Å²) in [6, 6.07) is 0. The third-order valence-corrected chi connectivity index (χ3v) is 2.44. The molecule has 0 aromatic carbocycles. The highest BCUT2D eigenvalue weighted by molar-refractivity contribution is 4.65. The molecule has 0 aromatic heterocycles. The second kappa shape index (κ2) is 8.05. The maximum Gasteiger partial charge on any atom is 0.0781 e. The zero-order chi connectivity index (χ0) is 11.8. The van der Waals surface area contributed by atoms with Crippen LogP contribution >= 0.6 is 0 Å². The molecule has 0 fully saturated rings. The fourth-order valence-electron chi connectivity index (χ4n) is 1.25. The molecule has 0 rings (SSSR count). The quantitative estimate of drug-likeness (QED) is 0.635. The molecule has 0 bridgehead atoms. The van der Waals surface area contributed by atoms with E-state index in [1.165, 1.54) is 0 Å². The lowest BCUT2D eigenvalue weighted by atomic mass is 9.99. The Kier molecular flexibility index (Phi) is 7.96. The summed E-state index contributed by atoms with van der Waals surface area (Å²) >= 11 is 0. The first-order valence-corrected chi connectivity index (χ1v) is 5.44. The largest absolute Gasteiger partial charge is 0.393 e. The molecule has 0 aliphatic heterocycles. The molecule has 4 nitrogen and oxygen atoms in total. The van der Waals surface area contributed by atoms with Crippen LogP contribution in [-0.2, 0) is 9.47 Å². The van der Waals surface area contributed by atoms with E-state index in [4.69, 9.17) is 9.47 Å². The van der Waals surface area contributed by atoms with Gasteiger partial charge in [0.15, 0.2) is 0 Å². The van der Waals surface area contributed by atoms with Gasteiger partial charge in [-0.15, -0.1) is 0 Å². The van der Waals surface area contributed by atoms with Crippen molar-refractivity contribution in [3.8, 4) is 0 Å². The van der Waals surface area contributed by atoms with Gasteiger partial charge in [0, 0.05) is 7.11 Å². The zero-order valence-electron chi connectivity index (χ0n) is 10.1. The van der Waals surface area contributed by atoms with Crippen molar-refractivity contribution in [3.63, 3.8) is 0 Å². The summed E-state index contributed by atoms with van der Waals surface area (Å²) in [7, 11) is 1.62. The molecule has 0 aliphatic carbocycles. The Morgan fingerprint density at radius 1 is 1.07 bits per heavy atom. The van der Waals surface area contributed by atoms with Crippen molar-refractivity contribution in [1.29, 1.82) is 0 Å². The maximum absolute atomic E-state index is 9.61. The van der Waals surface area contributed by atoms with Crippen molar-refractivity contribution >= 4 is 0 Å². The van der Waals surface area contributed by atoms with Crippen LogP contribution < -0.4 is 0 Å². The van der Waals surface area contributed by atoms with E-state index < -0.39 is 12.2 Å². The van der Waals surface area contributed by atoms with Gasteiger partial charge in [-0.25, -0.2) is 0 Å². The lowest BCUT2D eigenvalue weighted by Gasteiger charge is -2.20. The Bertz CT molecular complexity index is 150. The summed E-state index contributed by atoms with van der Waals surface area (Å²) in [5.41, 5.74) is 0. The van der Waals surface area contributed by atoms with E-state index in [1.807, 2.05) is 13.8 Å². The van der Waals surface area contributed by atoms with E-state index in [2.05, 4.69) is 0 Å². The summed E-state index contributed by atoms with van der Waals surface area (Å²) in [6.07, 6.45) is -0.367. The molecule has 0 heterocycles. The normalized spacial score (nSPS) is 19.6. The minimum absolute atomic E-state index is 0.00786. The summed E-state index contributed by atoms with van der Waals surface area (Å²) in [6.45, 7) is 6.35. The minimum atomic E-state index is -0.520. The van der Waals surface area contributed by atoms with Crippen LogP contribution in [-0.4, -0.2) is 48.8 Å². The second-order valence-corrected chi connectivity index (χ2v) is 4.21. The van der Waals surface area contributed by atoms with Crippen LogP contribution in [0.3, 0.4) is 0 Å². The Balaban J connectivity index is 3.60. The van der Waals surface area contributed by atoms with E-state index in [0.717, 1.165) is 0 Å². The van der Waals surface area contributed by atoms with Crippen LogP contribution in [0.2, 0.25) is 0 Å². The van der Waals surface area contributed by atoms with Crippen molar-refractivity contribution < 1.29 is 19.7 Å². The lowest BCUT2D eigenvalue weighted by Crippen LogP contribution is -2.26. The Morgan fingerprint density at radius 3 is 2.13 bits per heavy atom. The number of methoxy groups -OCH3 is 1. The number of hydrogen-bond acceptors (Lipinski definition) is 4. The number of hydrogen-bond donors (Lipinski definition) is 2. The SMILES string of the molecule is COCC(C)OCC(O)CC(C)C(C)O. The third kappa shape index (κ3) is 7.73. The minimum Gasteiger partial charge on any atom is -0.393 e. The van der Waals surface area contributed by atoms with Gasteiger partial charge < -0.3 is 19.7 Å². The van der Waals surface area contributed by atoms with Gasteiger partial charge in [-0.1, -0.05) is 6.92 Å². The highest BCUT2D eigenvalue weighted by Crippen LogP contribution is 2.11. The molecule has 0 amide bonds. The van der Waals surface area contributed by atoms with E-state index in [-0.39, 0.29) is 12.0 Å². The first kappa shape index (κ1) is 14.8. The Labute approximate surface area is 92.2 Å². The van der Waals surface area contributed by atoms with Crippen LogP contribution in [0.4, 0.5) is 0 Å². The summed E-state index contributed by atoms with van der Waals surface area (Å²) < 4.78 is 10.3. The van der Waals surface area contributed by atoms with Crippen molar-refractivity contribution in [1.82, 2.24) is 0 Å². The second-order valence-electron chi connectivity index (χ2n) is 4.21. The van der Waals surface area contributed by atoms with Crippen LogP contribution in [0.15, 0.2) is 0 Å². The lowest BCUT2D eigenvalue weighted by molar-refractivity contribution is -0.0414. The van der Waals surface area contributed by atoms with Gasteiger partial charge in [0.25, 0.3) is 0 Å². The average Bonchev–Trinajstić information content (AvgIpc) is 2.15. The van der Waals surface area contributed by atoms with Crippen LogP contribution in [0.1, 0.15) is 27.2 Å². The first-order chi connectivity index (χ1) is 6.97. The van der Waals surface area contributed by atoms with E-state index in [9.17, 15) is 10.2 Å². The molecule has 0 aliphatic rings. The van der Waals surface area contributed by atoms with Gasteiger partial charge in [0.1, 0.15) is 0 Å². The number of rotatable bonds is 8. The summed E-state index contributed by atoms with van der Waals surface area (Å²) in [5.74, 6) is 0.0846. The standard InChI is InChI=1S/C11H24O4/c1-8(10(3)12)5-11(13)7-15-9(2)6-14-4/h8-13H,5-7H2,1-4H3. The number of aliphatic hydroxyl groups is 2. The fraction of sp³-hybridized carbons (Fsp3) is 1.00. The monoisotopic (exact) mass is 220 g/mol. The predicted octanol–water partition coefficient (Wildman–Crippen LogP) is 0.806. The molecule has 4 unspecified atom stereocenters. The van der Waals surface area contributed by atoms with Crippen LogP contribution in [0, 0.1) is 5.92 Å². The van der Waals surface area contributed by atoms with Gasteiger partial charge in [0.05, 0.1) is 31.5 Å². The average molecular weight is 220 g/mol. The third-order valence-electron chi connectivity index (χ3n) is 2.44. The molecular formula is C11H24O4. The van der Waals surface area contributed by atoms with Gasteiger partial charge in [-0.05, 0) is 26.2 Å². The fourth-order valence-corrected chi connectivity index (χ4v) is 1.25. The smallest absolute Gasteiger partial charge is 0.0781 e. The topological polar surface area (TPSA) is 58.9 Å². The van der Waals surface area contributed by atoms with Gasteiger partial charge in [0.2, 0.25) is 0 Å². The van der Waals surface area contributed by atoms with Crippen molar-refractivity contribution in [3.05, 3.63) is 0 Å². The Morgan fingerprint density at radius 2 is 1.67 bits per heavy atom. The van der Waals surface area contributed by atoms with E-state index in [1.54, 1.807) is 14.0 Å². The van der Waals surface area contributed by atoms with Gasteiger partial charge in [-0.2, -0.15) is 0 Å². The molecule has 0 saturated carbocycles. The summed E-state index contributed by atoms with van der Waals surface area (Å²) in [5, 5.41) is 18.9. The maximum atomic E-state index is 9.61. The molecule has 0 saturated heterocycles. The highest BCUT2D eigenvalue weighted by Gasteiger charge is 2.15. The van der Waals surface area contributed by atoms with Gasteiger partial charge >= 0.3 is 0 Å².